The molecule has 0 saturated heterocycles. The van der Waals surface area contributed by atoms with Gasteiger partial charge in [-0.25, -0.2) is 13.3 Å². The molecule has 2 aromatic rings. The van der Waals surface area contributed by atoms with Crippen LogP contribution in [0.2, 0.25) is 0 Å². The summed E-state index contributed by atoms with van der Waals surface area (Å²) in [6.45, 7) is 9.00. The second-order valence-corrected chi connectivity index (χ2v) is 6.83. The zero-order chi connectivity index (χ0) is 15.7. The van der Waals surface area contributed by atoms with Crippen LogP contribution in [-0.4, -0.2) is 8.42 Å². The minimum atomic E-state index is -3.70. The lowest BCUT2D eigenvalue weighted by Crippen LogP contribution is -2.14. The first-order chi connectivity index (χ1) is 10.5. The SMILES string of the molecule is [C-]#[N+]c1cccc(S(=O)(=O)Nc2ccc(C)c3c2CC=C3)c1. The van der Waals surface area contributed by atoms with Crippen LogP contribution in [0.3, 0.4) is 0 Å². The lowest BCUT2D eigenvalue weighted by atomic mass is 10.0. The summed E-state index contributed by atoms with van der Waals surface area (Å²) >= 11 is 0. The predicted octanol–water partition coefficient (Wildman–Crippen LogP) is 3.92. The summed E-state index contributed by atoms with van der Waals surface area (Å²) in [5.74, 6) is 0. The van der Waals surface area contributed by atoms with Crippen LogP contribution in [0.15, 0.2) is 47.4 Å². The highest BCUT2D eigenvalue weighted by Crippen LogP contribution is 2.31. The van der Waals surface area contributed by atoms with Crippen LogP contribution in [0.4, 0.5) is 11.4 Å². The Hall–Kier alpha value is -2.58. The van der Waals surface area contributed by atoms with Gasteiger partial charge in [0.05, 0.1) is 17.2 Å². The van der Waals surface area contributed by atoms with Crippen molar-refractivity contribution in [3.05, 3.63) is 70.6 Å². The third kappa shape index (κ3) is 2.49. The third-order valence-electron chi connectivity index (χ3n) is 3.68. The van der Waals surface area contributed by atoms with Crippen molar-refractivity contribution < 1.29 is 8.42 Å². The van der Waals surface area contributed by atoms with E-state index >= 15 is 0 Å². The van der Waals surface area contributed by atoms with Crippen molar-refractivity contribution in [3.63, 3.8) is 0 Å². The van der Waals surface area contributed by atoms with Gasteiger partial charge in [0.1, 0.15) is 0 Å². The van der Waals surface area contributed by atoms with Crippen molar-refractivity contribution in [2.75, 3.05) is 4.72 Å². The molecule has 0 unspecified atom stereocenters. The Balaban J connectivity index is 2.00. The normalized spacial score (nSPS) is 12.7. The molecule has 3 rings (SSSR count). The van der Waals surface area contributed by atoms with Crippen molar-refractivity contribution in [2.24, 2.45) is 0 Å². The minimum Gasteiger partial charge on any atom is -0.279 e. The predicted molar refractivity (Wildman–Crippen MR) is 87.4 cm³/mol. The number of aryl methyl sites for hydroxylation is 1. The fourth-order valence-electron chi connectivity index (χ4n) is 2.55. The Morgan fingerprint density at radius 3 is 2.82 bits per heavy atom. The summed E-state index contributed by atoms with van der Waals surface area (Å²) in [5.41, 5.74) is 4.10. The number of nitrogens with one attached hydrogen (secondary N) is 1. The molecule has 2 aromatic carbocycles. The largest absolute Gasteiger partial charge is 0.279 e. The zero-order valence-electron chi connectivity index (χ0n) is 12.0. The number of hydrogen-bond donors (Lipinski definition) is 1. The summed E-state index contributed by atoms with van der Waals surface area (Å²) in [6, 6.07) is 9.72. The summed E-state index contributed by atoms with van der Waals surface area (Å²) in [5, 5.41) is 0. The van der Waals surface area contributed by atoms with E-state index in [-0.39, 0.29) is 4.90 Å². The Labute approximate surface area is 130 Å². The number of allylic oxidation sites excluding steroid dienone is 1. The number of sulfonamides is 1. The molecule has 0 saturated carbocycles. The fourth-order valence-corrected chi connectivity index (χ4v) is 3.68. The molecule has 1 aliphatic rings. The molecule has 0 bridgehead atoms. The first kappa shape index (κ1) is 14.4. The van der Waals surface area contributed by atoms with Gasteiger partial charge in [-0.2, -0.15) is 0 Å². The molecular formula is C17H14N2O2S. The number of nitrogens with zero attached hydrogens (tertiary/aromatic N) is 1. The summed E-state index contributed by atoms with van der Waals surface area (Å²) in [6.07, 6.45) is 4.76. The Bertz CT molecular complexity index is 922. The summed E-state index contributed by atoms with van der Waals surface area (Å²) in [7, 11) is -3.70. The molecule has 0 spiro atoms. The molecule has 110 valence electrons. The van der Waals surface area contributed by atoms with E-state index in [2.05, 4.69) is 9.57 Å². The second kappa shape index (κ2) is 5.32. The van der Waals surface area contributed by atoms with Crippen molar-refractivity contribution >= 4 is 27.5 Å². The van der Waals surface area contributed by atoms with Gasteiger partial charge in [-0.1, -0.05) is 30.4 Å². The molecule has 0 atom stereocenters. The number of hydrogen-bond acceptors (Lipinski definition) is 2. The van der Waals surface area contributed by atoms with E-state index in [1.54, 1.807) is 18.2 Å². The van der Waals surface area contributed by atoms with Gasteiger partial charge in [0.15, 0.2) is 5.69 Å². The molecular weight excluding hydrogens is 296 g/mol. The lowest BCUT2D eigenvalue weighted by molar-refractivity contribution is 0.601. The molecule has 0 aliphatic heterocycles. The Kier molecular flexibility index (Phi) is 3.47. The van der Waals surface area contributed by atoms with Gasteiger partial charge in [0.2, 0.25) is 0 Å². The Morgan fingerprint density at radius 2 is 2.05 bits per heavy atom. The van der Waals surface area contributed by atoms with Crippen LogP contribution in [-0.2, 0) is 16.4 Å². The average Bonchev–Trinajstić information content (AvgIpc) is 3.01. The van der Waals surface area contributed by atoms with Gasteiger partial charge in [-0.05, 0) is 48.2 Å². The zero-order valence-corrected chi connectivity index (χ0v) is 12.8. The molecule has 4 nitrogen and oxygen atoms in total. The van der Waals surface area contributed by atoms with E-state index in [1.165, 1.54) is 12.1 Å². The van der Waals surface area contributed by atoms with E-state index < -0.39 is 10.0 Å². The first-order valence-corrected chi connectivity index (χ1v) is 8.29. The second-order valence-electron chi connectivity index (χ2n) is 5.14. The quantitative estimate of drug-likeness (QED) is 0.874. The molecule has 22 heavy (non-hydrogen) atoms. The maximum Gasteiger partial charge on any atom is 0.260 e. The van der Waals surface area contributed by atoms with Gasteiger partial charge in [-0.3, -0.25) is 4.72 Å². The van der Waals surface area contributed by atoms with Crippen molar-refractivity contribution in [2.45, 2.75) is 18.2 Å². The van der Waals surface area contributed by atoms with Gasteiger partial charge >= 0.3 is 0 Å². The standard InChI is InChI=1S/C17H14N2O2S/c1-12-9-10-17(16-8-4-7-15(12)16)19-22(20,21)14-6-3-5-13(11-14)18-2/h3-7,9-11,19H,8H2,1H3. The van der Waals surface area contributed by atoms with E-state index in [0.29, 0.717) is 11.4 Å². The summed E-state index contributed by atoms with van der Waals surface area (Å²) < 4.78 is 27.7. The topological polar surface area (TPSA) is 50.5 Å². The average molecular weight is 310 g/mol. The lowest BCUT2D eigenvalue weighted by Gasteiger charge is -2.14. The van der Waals surface area contributed by atoms with Crippen molar-refractivity contribution in [1.82, 2.24) is 0 Å². The molecule has 0 heterocycles. The smallest absolute Gasteiger partial charge is 0.260 e. The highest BCUT2D eigenvalue weighted by atomic mass is 32.2. The Morgan fingerprint density at radius 1 is 1.23 bits per heavy atom. The van der Waals surface area contributed by atoms with E-state index in [0.717, 1.165) is 23.1 Å². The van der Waals surface area contributed by atoms with Crippen LogP contribution in [0.1, 0.15) is 16.7 Å². The molecule has 1 aliphatic carbocycles. The van der Waals surface area contributed by atoms with Crippen LogP contribution in [0, 0.1) is 13.5 Å². The number of rotatable bonds is 3. The number of benzene rings is 2. The van der Waals surface area contributed by atoms with Crippen LogP contribution in [0.25, 0.3) is 10.9 Å². The molecule has 1 N–H and O–H groups in total. The van der Waals surface area contributed by atoms with Crippen LogP contribution < -0.4 is 4.72 Å². The van der Waals surface area contributed by atoms with Gasteiger partial charge in [0, 0.05) is 0 Å². The molecule has 0 aromatic heterocycles. The molecule has 0 amide bonds. The highest BCUT2D eigenvalue weighted by Gasteiger charge is 2.19. The summed E-state index contributed by atoms with van der Waals surface area (Å²) in [4.78, 5) is 3.37. The monoisotopic (exact) mass is 310 g/mol. The fraction of sp³-hybridized carbons (Fsp3) is 0.118. The van der Waals surface area contributed by atoms with E-state index in [9.17, 15) is 8.42 Å². The van der Waals surface area contributed by atoms with Crippen molar-refractivity contribution in [3.8, 4) is 0 Å². The highest BCUT2D eigenvalue weighted by molar-refractivity contribution is 7.92. The minimum absolute atomic E-state index is 0.0984. The van der Waals surface area contributed by atoms with E-state index in [1.807, 2.05) is 25.1 Å². The molecule has 5 heteroatoms. The van der Waals surface area contributed by atoms with Crippen LogP contribution >= 0.6 is 0 Å². The van der Waals surface area contributed by atoms with Gasteiger partial charge in [0.25, 0.3) is 10.0 Å². The van der Waals surface area contributed by atoms with Gasteiger partial charge < -0.3 is 0 Å². The molecule has 0 radical (unpaired) electrons. The van der Waals surface area contributed by atoms with Crippen LogP contribution in [0.5, 0.6) is 0 Å². The third-order valence-corrected chi connectivity index (χ3v) is 5.05. The maximum atomic E-state index is 12.5. The maximum absolute atomic E-state index is 12.5. The van der Waals surface area contributed by atoms with E-state index in [4.69, 9.17) is 6.57 Å². The number of anilines is 1. The molecule has 0 fully saturated rings. The van der Waals surface area contributed by atoms with Gasteiger partial charge in [-0.15, -0.1) is 0 Å². The van der Waals surface area contributed by atoms with Crippen molar-refractivity contribution in [1.29, 1.82) is 0 Å². The number of fused-ring (bicyclic) bond motifs is 1. The first-order valence-electron chi connectivity index (χ1n) is 6.80.